The summed E-state index contributed by atoms with van der Waals surface area (Å²) in [5.74, 6) is -0.605. The van der Waals surface area contributed by atoms with E-state index in [1.54, 1.807) is 13.0 Å². The van der Waals surface area contributed by atoms with E-state index in [2.05, 4.69) is 5.32 Å². The molecule has 2 aromatic rings. The van der Waals surface area contributed by atoms with Gasteiger partial charge < -0.3 is 5.32 Å². The lowest BCUT2D eigenvalue weighted by Gasteiger charge is -2.25. The number of halogens is 3. The highest BCUT2D eigenvalue weighted by Crippen LogP contribution is 2.33. The number of carbonyl (C=O) groups excluding carboxylic acids is 1. The average molecular weight is 414 g/mol. The van der Waals surface area contributed by atoms with Crippen LogP contribution in [0.15, 0.2) is 59.5 Å². The number of sulfonamides is 1. The zero-order chi connectivity index (χ0) is 20.9. The molecule has 1 amide bonds. The third-order valence-corrected chi connectivity index (χ3v) is 5.89. The van der Waals surface area contributed by atoms with Crippen molar-refractivity contribution in [2.75, 3.05) is 10.8 Å². The van der Waals surface area contributed by atoms with Crippen LogP contribution in [0.5, 0.6) is 0 Å². The summed E-state index contributed by atoms with van der Waals surface area (Å²) in [6.07, 6.45) is -4.02. The lowest BCUT2D eigenvalue weighted by molar-refractivity contribution is -0.137. The number of benzene rings is 2. The molecule has 0 radical (unpaired) electrons. The molecule has 1 atom stereocenters. The molecule has 9 heteroatoms. The standard InChI is InChI=1S/C19H21F3N2O3S/c1-3-14(2)23-18(25)13-24(28(26,27)17-10-5-4-6-11-17)16-9-7-8-15(12-16)19(20,21)22/h4-12,14H,3,13H2,1-2H3,(H,23,25). The molecule has 0 saturated carbocycles. The minimum atomic E-state index is -4.64. The van der Waals surface area contributed by atoms with E-state index in [9.17, 15) is 26.4 Å². The van der Waals surface area contributed by atoms with E-state index < -0.39 is 34.2 Å². The van der Waals surface area contributed by atoms with Gasteiger partial charge in [0, 0.05) is 6.04 Å². The number of rotatable bonds is 7. The third kappa shape index (κ3) is 5.25. The Morgan fingerprint density at radius 3 is 2.32 bits per heavy atom. The number of nitrogens with zero attached hydrogens (tertiary/aromatic N) is 1. The Bertz CT molecular complexity index is 916. The lowest BCUT2D eigenvalue weighted by Crippen LogP contribution is -2.43. The summed E-state index contributed by atoms with van der Waals surface area (Å²) >= 11 is 0. The molecule has 0 heterocycles. The van der Waals surface area contributed by atoms with Crippen LogP contribution in [0.1, 0.15) is 25.8 Å². The van der Waals surface area contributed by atoms with Crippen LogP contribution in [0.3, 0.4) is 0 Å². The Balaban J connectivity index is 2.50. The Morgan fingerprint density at radius 1 is 1.11 bits per heavy atom. The Kier molecular flexibility index (Phi) is 6.71. The van der Waals surface area contributed by atoms with Gasteiger partial charge in [-0.2, -0.15) is 13.2 Å². The molecule has 0 aliphatic carbocycles. The Morgan fingerprint density at radius 2 is 1.75 bits per heavy atom. The fraction of sp³-hybridized carbons (Fsp3) is 0.316. The largest absolute Gasteiger partial charge is 0.416 e. The summed E-state index contributed by atoms with van der Waals surface area (Å²) in [6.45, 7) is 2.96. The number of anilines is 1. The molecule has 0 aromatic heterocycles. The molecule has 0 aliphatic rings. The van der Waals surface area contributed by atoms with Crippen LogP contribution in [-0.2, 0) is 21.0 Å². The second-order valence-corrected chi connectivity index (χ2v) is 8.11. The van der Waals surface area contributed by atoms with Gasteiger partial charge in [-0.1, -0.05) is 31.2 Å². The fourth-order valence-electron chi connectivity index (χ4n) is 2.43. The monoisotopic (exact) mass is 414 g/mol. The number of hydrogen-bond donors (Lipinski definition) is 1. The summed E-state index contributed by atoms with van der Waals surface area (Å²) in [4.78, 5) is 12.2. The van der Waals surface area contributed by atoms with Crippen molar-refractivity contribution in [2.45, 2.75) is 37.4 Å². The van der Waals surface area contributed by atoms with Crippen LogP contribution in [0.2, 0.25) is 0 Å². The van der Waals surface area contributed by atoms with Gasteiger partial charge in [0.15, 0.2) is 0 Å². The normalized spacial score (nSPS) is 13.0. The van der Waals surface area contributed by atoms with E-state index in [1.807, 2.05) is 6.92 Å². The lowest BCUT2D eigenvalue weighted by atomic mass is 10.2. The van der Waals surface area contributed by atoms with Crippen LogP contribution >= 0.6 is 0 Å². The second kappa shape index (κ2) is 8.64. The zero-order valence-corrected chi connectivity index (χ0v) is 16.2. The van der Waals surface area contributed by atoms with Crippen LogP contribution < -0.4 is 9.62 Å². The molecular formula is C19H21F3N2O3S. The highest BCUT2D eigenvalue weighted by molar-refractivity contribution is 7.92. The van der Waals surface area contributed by atoms with Crippen molar-refractivity contribution >= 4 is 21.6 Å². The van der Waals surface area contributed by atoms with E-state index in [1.165, 1.54) is 30.3 Å². The van der Waals surface area contributed by atoms with Crippen LogP contribution in [-0.4, -0.2) is 26.9 Å². The maximum absolute atomic E-state index is 13.1. The van der Waals surface area contributed by atoms with Crippen LogP contribution in [0.4, 0.5) is 18.9 Å². The van der Waals surface area contributed by atoms with Crippen molar-refractivity contribution in [3.8, 4) is 0 Å². The maximum Gasteiger partial charge on any atom is 0.416 e. The molecule has 1 unspecified atom stereocenters. The van der Waals surface area contributed by atoms with E-state index in [0.29, 0.717) is 10.7 Å². The van der Waals surface area contributed by atoms with Gasteiger partial charge in [0.1, 0.15) is 6.54 Å². The topological polar surface area (TPSA) is 66.5 Å². The Labute approximate surface area is 162 Å². The van der Waals surface area contributed by atoms with Crippen molar-refractivity contribution in [1.82, 2.24) is 5.32 Å². The molecule has 2 aromatic carbocycles. The van der Waals surface area contributed by atoms with E-state index in [0.717, 1.165) is 18.2 Å². The molecule has 0 spiro atoms. The van der Waals surface area contributed by atoms with Crippen LogP contribution in [0.25, 0.3) is 0 Å². The quantitative estimate of drug-likeness (QED) is 0.749. The molecule has 2 rings (SSSR count). The first kappa shape index (κ1) is 21.7. The third-order valence-electron chi connectivity index (χ3n) is 4.10. The number of carbonyl (C=O) groups is 1. The zero-order valence-electron chi connectivity index (χ0n) is 15.4. The molecule has 1 N–H and O–H groups in total. The highest BCUT2D eigenvalue weighted by atomic mass is 32.2. The van der Waals surface area contributed by atoms with E-state index in [4.69, 9.17) is 0 Å². The first-order valence-corrected chi connectivity index (χ1v) is 10.0. The molecule has 0 saturated heterocycles. The average Bonchev–Trinajstić information content (AvgIpc) is 2.66. The van der Waals surface area contributed by atoms with E-state index >= 15 is 0 Å². The summed E-state index contributed by atoms with van der Waals surface area (Å²) < 4.78 is 66.0. The summed E-state index contributed by atoms with van der Waals surface area (Å²) in [5.41, 5.74) is -1.24. The molecule has 0 fully saturated rings. The molecule has 28 heavy (non-hydrogen) atoms. The smallest absolute Gasteiger partial charge is 0.352 e. The summed E-state index contributed by atoms with van der Waals surface area (Å²) in [5, 5.41) is 2.63. The molecule has 0 bridgehead atoms. The van der Waals surface area contributed by atoms with E-state index in [-0.39, 0.29) is 16.6 Å². The number of amides is 1. The minimum Gasteiger partial charge on any atom is -0.352 e. The van der Waals surface area contributed by atoms with Gasteiger partial charge in [-0.3, -0.25) is 9.10 Å². The van der Waals surface area contributed by atoms with Gasteiger partial charge in [-0.05, 0) is 43.7 Å². The van der Waals surface area contributed by atoms with Crippen molar-refractivity contribution in [2.24, 2.45) is 0 Å². The maximum atomic E-state index is 13.1. The van der Waals surface area contributed by atoms with Crippen LogP contribution in [0, 0.1) is 0 Å². The summed E-state index contributed by atoms with van der Waals surface area (Å²) in [7, 11) is -4.25. The first-order chi connectivity index (χ1) is 13.1. The predicted octanol–water partition coefficient (Wildman–Crippen LogP) is 3.82. The summed E-state index contributed by atoms with van der Waals surface area (Å²) in [6, 6.07) is 11.0. The van der Waals surface area contributed by atoms with Crippen molar-refractivity contribution < 1.29 is 26.4 Å². The number of nitrogens with one attached hydrogen (secondary N) is 1. The Hall–Kier alpha value is -2.55. The van der Waals surface area contributed by atoms with Gasteiger partial charge in [0.2, 0.25) is 5.91 Å². The molecule has 0 aliphatic heterocycles. The minimum absolute atomic E-state index is 0.122. The predicted molar refractivity (Wildman–Crippen MR) is 100 cm³/mol. The second-order valence-electron chi connectivity index (χ2n) is 6.25. The van der Waals surface area contributed by atoms with Crippen molar-refractivity contribution in [3.63, 3.8) is 0 Å². The van der Waals surface area contributed by atoms with Gasteiger partial charge in [0.05, 0.1) is 16.1 Å². The van der Waals surface area contributed by atoms with Gasteiger partial charge in [-0.15, -0.1) is 0 Å². The van der Waals surface area contributed by atoms with Gasteiger partial charge >= 0.3 is 6.18 Å². The van der Waals surface area contributed by atoms with Crippen molar-refractivity contribution in [3.05, 3.63) is 60.2 Å². The molecule has 152 valence electrons. The fourth-order valence-corrected chi connectivity index (χ4v) is 3.86. The molecular weight excluding hydrogens is 393 g/mol. The molecule has 5 nitrogen and oxygen atoms in total. The van der Waals surface area contributed by atoms with Gasteiger partial charge in [-0.25, -0.2) is 8.42 Å². The SMILES string of the molecule is CCC(C)NC(=O)CN(c1cccc(C(F)(F)F)c1)S(=O)(=O)c1ccccc1. The number of hydrogen-bond acceptors (Lipinski definition) is 3. The van der Waals surface area contributed by atoms with Crippen molar-refractivity contribution in [1.29, 1.82) is 0 Å². The van der Waals surface area contributed by atoms with Gasteiger partial charge in [0.25, 0.3) is 10.0 Å². The first-order valence-electron chi connectivity index (χ1n) is 8.60. The highest BCUT2D eigenvalue weighted by Gasteiger charge is 2.33. The number of alkyl halides is 3.